The molecule has 0 amide bonds. The molecule has 0 radical (unpaired) electrons. The smallest absolute Gasteiger partial charge is 0.107 e. The molecular formula is C15H21IN2. The van der Waals surface area contributed by atoms with Gasteiger partial charge in [0, 0.05) is 8.84 Å². The van der Waals surface area contributed by atoms with E-state index in [1.165, 1.54) is 5.57 Å². The first-order valence-electron chi connectivity index (χ1n) is 6.04. The van der Waals surface area contributed by atoms with E-state index in [2.05, 4.69) is 74.0 Å². The molecule has 1 atom stereocenters. The summed E-state index contributed by atoms with van der Waals surface area (Å²) < 4.78 is -0.0126. The first-order chi connectivity index (χ1) is 8.25. The normalized spacial score (nSPS) is 32.4. The maximum atomic E-state index is 7.30. The first-order valence-corrected chi connectivity index (χ1v) is 7.12. The van der Waals surface area contributed by atoms with Gasteiger partial charge in [0.25, 0.3) is 0 Å². The van der Waals surface area contributed by atoms with Crippen molar-refractivity contribution in [3.05, 3.63) is 36.0 Å². The summed E-state index contributed by atoms with van der Waals surface area (Å²) in [6.45, 7) is 12.8. The Morgan fingerprint density at radius 1 is 1.56 bits per heavy atom. The van der Waals surface area contributed by atoms with Gasteiger partial charge in [0.15, 0.2) is 0 Å². The summed E-state index contributed by atoms with van der Waals surface area (Å²) in [6, 6.07) is 0. The molecule has 0 aromatic heterocycles. The molecule has 0 aromatic rings. The third kappa shape index (κ3) is 2.66. The van der Waals surface area contributed by atoms with Crippen LogP contribution < -0.4 is 0 Å². The van der Waals surface area contributed by atoms with Gasteiger partial charge in [0.05, 0.1) is 5.71 Å². The van der Waals surface area contributed by atoms with Crippen molar-refractivity contribution in [1.82, 2.24) is 0 Å². The van der Waals surface area contributed by atoms with Gasteiger partial charge in [0.2, 0.25) is 0 Å². The molecule has 98 valence electrons. The Labute approximate surface area is 124 Å². The Bertz CT molecular complexity index is 450. The van der Waals surface area contributed by atoms with E-state index in [9.17, 15) is 0 Å². The standard InChI is InChI=1S/C15H21IN2/c1-11-8-6-7-9-12(2)15(5,14(3,4)16)13(11)18-10-17/h6,8-10,17H,1,7H2,2-5H3/b8-6-,12-9+,17-10?,18-13+/t15-/m0/s1. The molecule has 0 aliphatic heterocycles. The fraction of sp³-hybridized carbons (Fsp3) is 0.467. The Hall–Kier alpha value is -0.710. The average molecular weight is 356 g/mol. The van der Waals surface area contributed by atoms with E-state index < -0.39 is 0 Å². The number of rotatable bonds is 2. The van der Waals surface area contributed by atoms with Gasteiger partial charge >= 0.3 is 0 Å². The van der Waals surface area contributed by atoms with Crippen LogP contribution in [-0.2, 0) is 0 Å². The second-order valence-electron chi connectivity index (χ2n) is 5.25. The van der Waals surface area contributed by atoms with E-state index in [-0.39, 0.29) is 8.84 Å². The first kappa shape index (κ1) is 15.3. The van der Waals surface area contributed by atoms with Crippen molar-refractivity contribution in [2.45, 2.75) is 37.5 Å². The summed E-state index contributed by atoms with van der Waals surface area (Å²) in [6.07, 6.45) is 8.37. The third-order valence-electron chi connectivity index (χ3n) is 3.83. The second kappa shape index (κ2) is 5.51. The summed E-state index contributed by atoms with van der Waals surface area (Å²) in [7, 11) is 0. The summed E-state index contributed by atoms with van der Waals surface area (Å²) in [4.78, 5) is 4.30. The molecule has 3 heteroatoms. The summed E-state index contributed by atoms with van der Waals surface area (Å²) in [5.41, 5.74) is 2.86. The van der Waals surface area contributed by atoms with Crippen LogP contribution in [0.25, 0.3) is 0 Å². The lowest BCUT2D eigenvalue weighted by Gasteiger charge is -2.43. The molecular weight excluding hydrogens is 335 g/mol. The van der Waals surface area contributed by atoms with Crippen molar-refractivity contribution < 1.29 is 0 Å². The lowest BCUT2D eigenvalue weighted by molar-refractivity contribution is 0.453. The molecule has 0 bridgehead atoms. The fourth-order valence-corrected chi connectivity index (χ4v) is 2.95. The average Bonchev–Trinajstić information content (AvgIpc) is 2.27. The van der Waals surface area contributed by atoms with E-state index in [1.54, 1.807) is 0 Å². The molecule has 1 aliphatic rings. The van der Waals surface area contributed by atoms with Crippen LogP contribution in [0.2, 0.25) is 0 Å². The SMILES string of the molecule is C=C1/C=C\C/C=C(\C)[C@](C)(C(C)(C)I)/C1=N/C=N. The molecule has 0 aromatic carbocycles. The Morgan fingerprint density at radius 3 is 2.67 bits per heavy atom. The molecule has 0 heterocycles. The Balaban J connectivity index is 3.55. The molecule has 0 saturated carbocycles. The van der Waals surface area contributed by atoms with E-state index in [0.717, 1.165) is 24.0 Å². The molecule has 0 fully saturated rings. The van der Waals surface area contributed by atoms with Crippen molar-refractivity contribution in [3.63, 3.8) is 0 Å². The zero-order chi connectivity index (χ0) is 14.0. The predicted molar refractivity (Wildman–Crippen MR) is 89.1 cm³/mol. The quantitative estimate of drug-likeness (QED) is 0.244. The van der Waals surface area contributed by atoms with E-state index >= 15 is 0 Å². The number of nitrogens with zero attached hydrogens (tertiary/aromatic N) is 1. The monoisotopic (exact) mass is 356 g/mol. The number of alkyl halides is 1. The maximum Gasteiger partial charge on any atom is 0.107 e. The van der Waals surface area contributed by atoms with Crippen LogP contribution in [0.15, 0.2) is 40.9 Å². The van der Waals surface area contributed by atoms with Crippen molar-refractivity contribution >= 4 is 34.6 Å². The second-order valence-corrected chi connectivity index (χ2v) is 7.95. The van der Waals surface area contributed by atoms with Crippen LogP contribution in [0.4, 0.5) is 0 Å². The number of halogens is 1. The van der Waals surface area contributed by atoms with E-state index in [1.807, 2.05) is 6.08 Å². The third-order valence-corrected chi connectivity index (χ3v) is 4.91. The fourth-order valence-electron chi connectivity index (χ4n) is 2.27. The summed E-state index contributed by atoms with van der Waals surface area (Å²) >= 11 is 2.46. The number of aliphatic imine (C=N–C) groups is 1. The number of hydrogen-bond donors (Lipinski definition) is 1. The highest BCUT2D eigenvalue weighted by atomic mass is 127. The van der Waals surface area contributed by atoms with Gasteiger partial charge in [-0.1, -0.05) is 53.0 Å². The van der Waals surface area contributed by atoms with Gasteiger partial charge in [-0.15, -0.1) is 0 Å². The zero-order valence-electron chi connectivity index (χ0n) is 11.5. The van der Waals surface area contributed by atoms with Gasteiger partial charge in [-0.05, 0) is 39.7 Å². The Kier molecular flexibility index (Phi) is 4.70. The molecule has 0 saturated heterocycles. The summed E-state index contributed by atoms with van der Waals surface area (Å²) in [5.74, 6) is 0. The largest absolute Gasteiger partial charge is 0.290 e. The van der Waals surface area contributed by atoms with Gasteiger partial charge < -0.3 is 0 Å². The van der Waals surface area contributed by atoms with E-state index in [4.69, 9.17) is 5.41 Å². The highest BCUT2D eigenvalue weighted by Crippen LogP contribution is 2.47. The van der Waals surface area contributed by atoms with Gasteiger partial charge in [-0.25, -0.2) is 4.99 Å². The molecule has 1 rings (SSSR count). The molecule has 1 N–H and O–H groups in total. The topological polar surface area (TPSA) is 36.2 Å². The van der Waals surface area contributed by atoms with Crippen LogP contribution in [0.5, 0.6) is 0 Å². The van der Waals surface area contributed by atoms with Gasteiger partial charge in [-0.2, -0.15) is 0 Å². The minimum Gasteiger partial charge on any atom is -0.290 e. The summed E-state index contributed by atoms with van der Waals surface area (Å²) in [5, 5.41) is 7.30. The molecule has 0 unspecified atom stereocenters. The molecule has 18 heavy (non-hydrogen) atoms. The van der Waals surface area contributed by atoms with Crippen molar-refractivity contribution in [3.8, 4) is 0 Å². The van der Waals surface area contributed by atoms with Crippen LogP contribution in [0.1, 0.15) is 34.1 Å². The van der Waals surface area contributed by atoms with Crippen molar-refractivity contribution in [2.75, 3.05) is 0 Å². The van der Waals surface area contributed by atoms with Gasteiger partial charge in [0.1, 0.15) is 6.34 Å². The van der Waals surface area contributed by atoms with Crippen molar-refractivity contribution in [1.29, 1.82) is 5.41 Å². The predicted octanol–water partition coefficient (Wildman–Crippen LogP) is 4.72. The number of hydrogen-bond acceptors (Lipinski definition) is 1. The van der Waals surface area contributed by atoms with Crippen molar-refractivity contribution in [2.24, 2.45) is 10.4 Å². The maximum absolute atomic E-state index is 7.30. The lowest BCUT2D eigenvalue weighted by atomic mass is 9.67. The van der Waals surface area contributed by atoms with Crippen LogP contribution in [0.3, 0.4) is 0 Å². The zero-order valence-corrected chi connectivity index (χ0v) is 13.7. The van der Waals surface area contributed by atoms with Crippen LogP contribution in [-0.4, -0.2) is 15.5 Å². The van der Waals surface area contributed by atoms with Crippen LogP contribution in [0, 0.1) is 10.8 Å². The highest BCUT2D eigenvalue weighted by Gasteiger charge is 2.45. The van der Waals surface area contributed by atoms with Gasteiger partial charge in [-0.3, -0.25) is 5.41 Å². The Morgan fingerprint density at radius 2 is 2.17 bits per heavy atom. The minimum absolute atomic E-state index is 0.0126. The number of nitrogens with one attached hydrogen (secondary N) is 1. The molecule has 2 nitrogen and oxygen atoms in total. The van der Waals surface area contributed by atoms with Crippen LogP contribution >= 0.6 is 22.6 Å². The van der Waals surface area contributed by atoms with E-state index in [0.29, 0.717) is 0 Å². The lowest BCUT2D eigenvalue weighted by Crippen LogP contribution is -2.45. The number of allylic oxidation sites excluding steroid dienone is 5. The molecule has 1 aliphatic carbocycles. The highest BCUT2D eigenvalue weighted by molar-refractivity contribution is 14.1. The minimum atomic E-state index is -0.215. The molecule has 0 spiro atoms.